The van der Waals surface area contributed by atoms with Crippen LogP contribution in [0, 0.1) is 0 Å². The van der Waals surface area contributed by atoms with E-state index in [2.05, 4.69) is 4.74 Å². The van der Waals surface area contributed by atoms with E-state index < -0.39 is 24.0 Å². The monoisotopic (exact) mass is 370 g/mol. The van der Waals surface area contributed by atoms with Crippen molar-refractivity contribution in [3.8, 4) is 17.2 Å². The van der Waals surface area contributed by atoms with Gasteiger partial charge in [0.25, 0.3) is 0 Å². The highest BCUT2D eigenvalue weighted by Crippen LogP contribution is 2.51. The Morgan fingerprint density at radius 3 is 2.41 bits per heavy atom. The van der Waals surface area contributed by atoms with Gasteiger partial charge in [0.05, 0.1) is 14.2 Å². The average Bonchev–Trinajstić information content (AvgIpc) is 3.06. The summed E-state index contributed by atoms with van der Waals surface area (Å²) in [5.74, 6) is -1.78. The highest BCUT2D eigenvalue weighted by atomic mass is 16.5. The number of carbonyl (C=O) groups excluding carboxylic acids is 2. The van der Waals surface area contributed by atoms with Crippen LogP contribution in [0.25, 0.3) is 6.08 Å². The summed E-state index contributed by atoms with van der Waals surface area (Å²) in [5, 5.41) is 19.8. The Kier molecular flexibility index (Phi) is 5.03. The van der Waals surface area contributed by atoms with Gasteiger partial charge in [0, 0.05) is 11.6 Å². The Morgan fingerprint density at radius 1 is 1.07 bits per heavy atom. The summed E-state index contributed by atoms with van der Waals surface area (Å²) in [6.45, 7) is 0. The van der Waals surface area contributed by atoms with Crippen molar-refractivity contribution in [2.75, 3.05) is 14.2 Å². The quantitative estimate of drug-likeness (QED) is 0.630. The Balaban J connectivity index is 2.05. The first-order chi connectivity index (χ1) is 12.9. The van der Waals surface area contributed by atoms with Crippen LogP contribution in [-0.2, 0) is 19.1 Å². The molecular formula is C20H18O7. The van der Waals surface area contributed by atoms with Gasteiger partial charge in [-0.25, -0.2) is 4.79 Å². The van der Waals surface area contributed by atoms with Gasteiger partial charge >= 0.3 is 11.9 Å². The Hall–Kier alpha value is -3.48. The Morgan fingerprint density at radius 2 is 1.78 bits per heavy atom. The lowest BCUT2D eigenvalue weighted by Gasteiger charge is -2.17. The lowest BCUT2D eigenvalue weighted by Crippen LogP contribution is -2.20. The molecule has 1 heterocycles. The SMILES string of the molecule is COC(=O)/C=C/c1cc(O)c2c(c1)C(C(=O)OC)C(c1ccc(O)cc1)O2. The zero-order valence-corrected chi connectivity index (χ0v) is 14.7. The molecule has 2 N–H and O–H groups in total. The van der Waals surface area contributed by atoms with Gasteiger partial charge in [-0.05, 0) is 41.5 Å². The van der Waals surface area contributed by atoms with Crippen LogP contribution in [0.5, 0.6) is 17.2 Å². The maximum absolute atomic E-state index is 12.4. The number of fused-ring (bicyclic) bond motifs is 1. The highest BCUT2D eigenvalue weighted by molar-refractivity contribution is 5.88. The normalized spacial score (nSPS) is 18.0. The molecule has 7 heteroatoms. The molecule has 2 aromatic rings. The van der Waals surface area contributed by atoms with E-state index in [1.165, 1.54) is 44.6 Å². The molecule has 1 aliphatic heterocycles. The lowest BCUT2D eigenvalue weighted by atomic mass is 9.90. The molecule has 1 aliphatic rings. The average molecular weight is 370 g/mol. The molecule has 0 fully saturated rings. The van der Waals surface area contributed by atoms with Crippen LogP contribution in [0.4, 0.5) is 0 Å². The summed E-state index contributed by atoms with van der Waals surface area (Å²) in [5.41, 5.74) is 1.59. The maximum Gasteiger partial charge on any atom is 0.330 e. The second-order valence-corrected chi connectivity index (χ2v) is 5.95. The fourth-order valence-corrected chi connectivity index (χ4v) is 3.01. The number of carbonyl (C=O) groups is 2. The molecule has 0 aromatic heterocycles. The van der Waals surface area contributed by atoms with E-state index in [-0.39, 0.29) is 17.2 Å². The number of hydrogen-bond donors (Lipinski definition) is 2. The Bertz CT molecular complexity index is 899. The van der Waals surface area contributed by atoms with Crippen LogP contribution >= 0.6 is 0 Å². The summed E-state index contributed by atoms with van der Waals surface area (Å²) < 4.78 is 15.3. The smallest absolute Gasteiger partial charge is 0.330 e. The number of phenolic OH excluding ortho intramolecular Hbond substituents is 2. The summed E-state index contributed by atoms with van der Waals surface area (Å²) in [7, 11) is 2.53. The van der Waals surface area contributed by atoms with Crippen molar-refractivity contribution in [3.05, 3.63) is 59.2 Å². The summed E-state index contributed by atoms with van der Waals surface area (Å²) >= 11 is 0. The maximum atomic E-state index is 12.4. The van der Waals surface area contributed by atoms with Gasteiger partial charge in [-0.3, -0.25) is 4.79 Å². The van der Waals surface area contributed by atoms with Crippen LogP contribution in [-0.4, -0.2) is 36.4 Å². The Labute approximate surface area is 155 Å². The van der Waals surface area contributed by atoms with E-state index in [0.717, 1.165) is 0 Å². The van der Waals surface area contributed by atoms with Crippen LogP contribution in [0.1, 0.15) is 28.7 Å². The summed E-state index contributed by atoms with van der Waals surface area (Å²) in [4.78, 5) is 23.7. The van der Waals surface area contributed by atoms with Gasteiger partial charge in [0.15, 0.2) is 11.5 Å². The molecule has 2 unspecified atom stereocenters. The number of phenols is 2. The molecule has 27 heavy (non-hydrogen) atoms. The van der Waals surface area contributed by atoms with Crippen molar-refractivity contribution in [1.82, 2.24) is 0 Å². The molecule has 0 bridgehead atoms. The number of esters is 2. The molecule has 140 valence electrons. The van der Waals surface area contributed by atoms with E-state index in [0.29, 0.717) is 16.7 Å². The largest absolute Gasteiger partial charge is 0.508 e. The van der Waals surface area contributed by atoms with Crippen molar-refractivity contribution in [1.29, 1.82) is 0 Å². The van der Waals surface area contributed by atoms with Crippen LogP contribution in [0.3, 0.4) is 0 Å². The number of hydrogen-bond acceptors (Lipinski definition) is 7. The number of aromatic hydroxyl groups is 2. The highest BCUT2D eigenvalue weighted by Gasteiger charge is 2.43. The molecule has 3 rings (SSSR count). The number of rotatable bonds is 4. The zero-order valence-electron chi connectivity index (χ0n) is 14.7. The first-order valence-electron chi connectivity index (χ1n) is 8.11. The number of ether oxygens (including phenoxy) is 3. The molecular weight excluding hydrogens is 352 g/mol. The molecule has 2 aromatic carbocycles. The minimum absolute atomic E-state index is 0.0851. The lowest BCUT2D eigenvalue weighted by molar-refractivity contribution is -0.144. The fraction of sp³-hybridized carbons (Fsp3) is 0.200. The molecule has 0 saturated heterocycles. The standard InChI is InChI=1S/C20H18O7/c1-25-16(23)8-3-11-9-14-17(20(24)26-2)18(27-19(14)15(22)10-11)12-4-6-13(21)7-5-12/h3-10,17-18,21-22H,1-2H3/b8-3+. The van der Waals surface area contributed by atoms with Gasteiger partial charge in [-0.2, -0.15) is 0 Å². The molecule has 7 nitrogen and oxygen atoms in total. The van der Waals surface area contributed by atoms with Gasteiger partial charge in [0.2, 0.25) is 0 Å². The van der Waals surface area contributed by atoms with E-state index >= 15 is 0 Å². The molecule has 0 radical (unpaired) electrons. The van der Waals surface area contributed by atoms with Gasteiger partial charge in [0.1, 0.15) is 17.8 Å². The second kappa shape index (κ2) is 7.41. The predicted molar refractivity (Wildman–Crippen MR) is 95.4 cm³/mol. The predicted octanol–water partition coefficient (Wildman–Crippen LogP) is 2.67. The molecule has 2 atom stereocenters. The van der Waals surface area contributed by atoms with Crippen molar-refractivity contribution < 1.29 is 34.0 Å². The van der Waals surface area contributed by atoms with Crippen LogP contribution < -0.4 is 4.74 Å². The van der Waals surface area contributed by atoms with Crippen molar-refractivity contribution >= 4 is 18.0 Å². The minimum Gasteiger partial charge on any atom is -0.508 e. The van der Waals surface area contributed by atoms with Gasteiger partial charge < -0.3 is 24.4 Å². The van der Waals surface area contributed by atoms with Crippen LogP contribution in [0.15, 0.2) is 42.5 Å². The van der Waals surface area contributed by atoms with Crippen molar-refractivity contribution in [3.63, 3.8) is 0 Å². The van der Waals surface area contributed by atoms with Crippen molar-refractivity contribution in [2.45, 2.75) is 12.0 Å². The number of methoxy groups -OCH3 is 2. The van der Waals surface area contributed by atoms with Gasteiger partial charge in [-0.15, -0.1) is 0 Å². The second-order valence-electron chi connectivity index (χ2n) is 5.95. The third-order valence-electron chi connectivity index (χ3n) is 4.29. The minimum atomic E-state index is -0.813. The third kappa shape index (κ3) is 3.57. The van der Waals surface area contributed by atoms with Crippen molar-refractivity contribution in [2.24, 2.45) is 0 Å². The first kappa shape index (κ1) is 18.3. The van der Waals surface area contributed by atoms with E-state index in [4.69, 9.17) is 9.47 Å². The summed E-state index contributed by atoms with van der Waals surface area (Å²) in [6.07, 6.45) is 1.95. The molecule has 0 aliphatic carbocycles. The van der Waals surface area contributed by atoms with E-state index in [1.807, 2.05) is 0 Å². The van der Waals surface area contributed by atoms with E-state index in [1.54, 1.807) is 18.2 Å². The number of benzene rings is 2. The van der Waals surface area contributed by atoms with E-state index in [9.17, 15) is 19.8 Å². The summed E-state index contributed by atoms with van der Waals surface area (Å²) in [6, 6.07) is 9.32. The molecule has 0 spiro atoms. The third-order valence-corrected chi connectivity index (χ3v) is 4.29. The zero-order chi connectivity index (χ0) is 19.6. The fourth-order valence-electron chi connectivity index (χ4n) is 3.01. The molecule has 0 saturated carbocycles. The first-order valence-corrected chi connectivity index (χ1v) is 8.11. The van der Waals surface area contributed by atoms with Crippen LogP contribution in [0.2, 0.25) is 0 Å². The molecule has 0 amide bonds. The topological polar surface area (TPSA) is 102 Å². The van der Waals surface area contributed by atoms with Gasteiger partial charge in [-0.1, -0.05) is 12.1 Å².